The monoisotopic (exact) mass is 208 g/mol. The highest BCUT2D eigenvalue weighted by Gasteiger charge is 2.04. The van der Waals surface area contributed by atoms with Gasteiger partial charge in [-0.1, -0.05) is 6.07 Å². The van der Waals surface area contributed by atoms with Crippen LogP contribution in [0.15, 0.2) is 23.0 Å². The van der Waals surface area contributed by atoms with E-state index in [1.54, 1.807) is 7.11 Å². The van der Waals surface area contributed by atoms with Gasteiger partial charge in [0.25, 0.3) is 0 Å². The number of methoxy groups -OCH3 is 1. The van der Waals surface area contributed by atoms with E-state index in [9.17, 15) is 4.79 Å². The summed E-state index contributed by atoms with van der Waals surface area (Å²) >= 11 is 0. The number of imidazole rings is 1. The molecule has 2 N–H and O–H groups in total. The van der Waals surface area contributed by atoms with Crippen molar-refractivity contribution in [1.82, 2.24) is 9.97 Å². The van der Waals surface area contributed by atoms with Crippen molar-refractivity contribution in [3.05, 3.63) is 28.7 Å². The lowest BCUT2D eigenvalue weighted by Crippen LogP contribution is -2.04. The third-order valence-electron chi connectivity index (χ3n) is 2.06. The van der Waals surface area contributed by atoms with Crippen LogP contribution in [0.1, 0.15) is 0 Å². The van der Waals surface area contributed by atoms with Gasteiger partial charge in [-0.2, -0.15) is 0 Å². The number of fused-ring (bicyclic) bond motifs is 1. The number of aromatic nitrogens is 2. The van der Waals surface area contributed by atoms with Gasteiger partial charge in [0.1, 0.15) is 17.9 Å². The molecule has 0 aliphatic heterocycles. The van der Waals surface area contributed by atoms with Crippen molar-refractivity contribution in [2.45, 2.75) is 0 Å². The maximum absolute atomic E-state index is 11.1. The molecule has 0 radical (unpaired) electrons. The van der Waals surface area contributed by atoms with Crippen LogP contribution in [0.2, 0.25) is 0 Å². The lowest BCUT2D eigenvalue weighted by molar-refractivity contribution is 0.147. The van der Waals surface area contributed by atoms with E-state index in [1.165, 1.54) is 0 Å². The van der Waals surface area contributed by atoms with E-state index in [-0.39, 0.29) is 5.69 Å². The van der Waals surface area contributed by atoms with Crippen molar-refractivity contribution in [2.24, 2.45) is 0 Å². The predicted molar refractivity (Wildman–Crippen MR) is 56.3 cm³/mol. The number of hydrogen-bond acceptors (Lipinski definition) is 3. The summed E-state index contributed by atoms with van der Waals surface area (Å²) < 4.78 is 10.3. The molecular formula is C10H12N2O3. The Morgan fingerprint density at radius 1 is 1.27 bits per heavy atom. The van der Waals surface area contributed by atoms with Gasteiger partial charge < -0.3 is 19.4 Å². The van der Waals surface area contributed by atoms with Gasteiger partial charge in [0.15, 0.2) is 0 Å². The summed E-state index contributed by atoms with van der Waals surface area (Å²) in [4.78, 5) is 16.4. The first-order valence-electron chi connectivity index (χ1n) is 4.64. The number of rotatable bonds is 4. The van der Waals surface area contributed by atoms with Crippen LogP contribution in [0.3, 0.4) is 0 Å². The number of H-pyrrole nitrogens is 2. The Balaban J connectivity index is 2.29. The molecule has 1 aromatic heterocycles. The average molecular weight is 208 g/mol. The molecule has 80 valence electrons. The fourth-order valence-corrected chi connectivity index (χ4v) is 1.39. The van der Waals surface area contributed by atoms with Gasteiger partial charge in [-0.3, -0.25) is 0 Å². The summed E-state index contributed by atoms with van der Waals surface area (Å²) in [5, 5.41) is 0. The van der Waals surface area contributed by atoms with Gasteiger partial charge in [-0.25, -0.2) is 4.79 Å². The number of aromatic amines is 2. The van der Waals surface area contributed by atoms with Gasteiger partial charge in [0.2, 0.25) is 0 Å². The normalized spacial score (nSPS) is 10.7. The van der Waals surface area contributed by atoms with Crippen molar-refractivity contribution in [3.63, 3.8) is 0 Å². The molecule has 0 aliphatic rings. The topological polar surface area (TPSA) is 67.1 Å². The second-order valence-corrected chi connectivity index (χ2v) is 3.10. The van der Waals surface area contributed by atoms with E-state index in [1.807, 2.05) is 18.2 Å². The average Bonchev–Trinajstić information content (AvgIpc) is 2.59. The van der Waals surface area contributed by atoms with Crippen molar-refractivity contribution in [2.75, 3.05) is 20.3 Å². The number of hydrogen-bond donors (Lipinski definition) is 2. The number of ether oxygens (including phenoxy) is 2. The van der Waals surface area contributed by atoms with E-state index < -0.39 is 0 Å². The van der Waals surface area contributed by atoms with Gasteiger partial charge in [-0.05, 0) is 12.1 Å². The number of benzene rings is 1. The highest BCUT2D eigenvalue weighted by molar-refractivity contribution is 5.80. The van der Waals surface area contributed by atoms with Gasteiger partial charge >= 0.3 is 5.69 Å². The summed E-state index contributed by atoms with van der Waals surface area (Å²) in [6.07, 6.45) is 0. The zero-order valence-electron chi connectivity index (χ0n) is 8.37. The van der Waals surface area contributed by atoms with E-state index in [0.717, 1.165) is 5.52 Å². The zero-order chi connectivity index (χ0) is 10.7. The summed E-state index contributed by atoms with van der Waals surface area (Å²) in [5.74, 6) is 0.655. The first kappa shape index (κ1) is 9.79. The summed E-state index contributed by atoms with van der Waals surface area (Å²) in [5.41, 5.74) is 1.21. The second kappa shape index (κ2) is 4.18. The molecule has 0 unspecified atom stereocenters. The van der Waals surface area contributed by atoms with Crippen LogP contribution in [-0.2, 0) is 4.74 Å². The molecule has 1 aromatic carbocycles. The fraction of sp³-hybridized carbons (Fsp3) is 0.300. The number of nitrogens with one attached hydrogen (secondary N) is 2. The van der Waals surface area contributed by atoms with Gasteiger partial charge in [0.05, 0.1) is 12.1 Å². The molecular weight excluding hydrogens is 196 g/mol. The standard InChI is InChI=1S/C10H12N2O3/c1-14-5-6-15-8-4-2-3-7-9(8)12-10(13)11-7/h2-4H,5-6H2,1H3,(H2,11,12,13). The summed E-state index contributed by atoms with van der Waals surface area (Å²) in [7, 11) is 1.61. The molecule has 15 heavy (non-hydrogen) atoms. The minimum Gasteiger partial charge on any atom is -0.489 e. The fourth-order valence-electron chi connectivity index (χ4n) is 1.39. The third kappa shape index (κ3) is 2.02. The maximum Gasteiger partial charge on any atom is 0.323 e. The predicted octanol–water partition coefficient (Wildman–Crippen LogP) is 0.881. The Morgan fingerprint density at radius 2 is 2.13 bits per heavy atom. The Bertz CT molecular complexity index is 501. The van der Waals surface area contributed by atoms with Crippen molar-refractivity contribution in [1.29, 1.82) is 0 Å². The van der Waals surface area contributed by atoms with E-state index in [2.05, 4.69) is 9.97 Å². The molecule has 0 bridgehead atoms. The molecule has 0 spiro atoms. The third-order valence-corrected chi connectivity index (χ3v) is 2.06. The van der Waals surface area contributed by atoms with Crippen LogP contribution in [0.25, 0.3) is 11.0 Å². The molecule has 0 aliphatic carbocycles. The molecule has 0 amide bonds. The van der Waals surface area contributed by atoms with Crippen LogP contribution in [0.4, 0.5) is 0 Å². The molecule has 5 nitrogen and oxygen atoms in total. The second-order valence-electron chi connectivity index (χ2n) is 3.10. The molecule has 0 fully saturated rings. The van der Waals surface area contributed by atoms with Gasteiger partial charge in [-0.15, -0.1) is 0 Å². The Morgan fingerprint density at radius 3 is 2.93 bits per heavy atom. The highest BCUT2D eigenvalue weighted by atomic mass is 16.5. The van der Waals surface area contributed by atoms with E-state index in [0.29, 0.717) is 24.5 Å². The quantitative estimate of drug-likeness (QED) is 0.733. The smallest absolute Gasteiger partial charge is 0.323 e. The molecule has 5 heteroatoms. The van der Waals surface area contributed by atoms with Crippen LogP contribution in [-0.4, -0.2) is 30.3 Å². The van der Waals surface area contributed by atoms with Crippen LogP contribution in [0.5, 0.6) is 5.75 Å². The first-order valence-corrected chi connectivity index (χ1v) is 4.64. The zero-order valence-corrected chi connectivity index (χ0v) is 8.37. The van der Waals surface area contributed by atoms with Crippen molar-refractivity contribution in [3.8, 4) is 5.75 Å². The molecule has 0 saturated heterocycles. The lowest BCUT2D eigenvalue weighted by Gasteiger charge is -2.05. The summed E-state index contributed by atoms with van der Waals surface area (Å²) in [6, 6.07) is 5.45. The molecule has 2 aromatic rings. The molecule has 2 rings (SSSR count). The minimum absolute atomic E-state index is 0.229. The Kier molecular flexibility index (Phi) is 2.73. The number of para-hydroxylation sites is 1. The maximum atomic E-state index is 11.1. The van der Waals surface area contributed by atoms with Crippen molar-refractivity contribution < 1.29 is 9.47 Å². The van der Waals surface area contributed by atoms with Crippen molar-refractivity contribution >= 4 is 11.0 Å². The van der Waals surface area contributed by atoms with E-state index >= 15 is 0 Å². The molecule has 0 atom stereocenters. The highest BCUT2D eigenvalue weighted by Crippen LogP contribution is 2.20. The van der Waals surface area contributed by atoms with Crippen LogP contribution < -0.4 is 10.4 Å². The van der Waals surface area contributed by atoms with Gasteiger partial charge in [0, 0.05) is 7.11 Å². The SMILES string of the molecule is COCCOc1cccc2[nH]c(=O)[nH]c12. The van der Waals surface area contributed by atoms with Crippen LogP contribution in [0, 0.1) is 0 Å². The summed E-state index contributed by atoms with van der Waals surface area (Å²) in [6.45, 7) is 0.980. The Hall–Kier alpha value is -1.75. The van der Waals surface area contributed by atoms with Crippen LogP contribution >= 0.6 is 0 Å². The Labute approximate surface area is 86.0 Å². The molecule has 1 heterocycles. The first-order chi connectivity index (χ1) is 7.31. The molecule has 0 saturated carbocycles. The minimum atomic E-state index is -0.229. The van der Waals surface area contributed by atoms with E-state index in [4.69, 9.17) is 9.47 Å². The largest absolute Gasteiger partial charge is 0.489 e. The lowest BCUT2D eigenvalue weighted by atomic mass is 10.3.